The summed E-state index contributed by atoms with van der Waals surface area (Å²) in [7, 11) is -0.490. The van der Waals surface area contributed by atoms with Gasteiger partial charge in [-0.3, -0.25) is 0 Å². The van der Waals surface area contributed by atoms with E-state index < -0.39 is 7.12 Å². The molecule has 20 heavy (non-hydrogen) atoms. The van der Waals surface area contributed by atoms with Gasteiger partial charge in [0.15, 0.2) is 0 Å². The molecule has 0 bridgehead atoms. The first-order chi connectivity index (χ1) is 9.30. The highest BCUT2D eigenvalue weighted by molar-refractivity contribution is 6.63. The molecule has 0 aromatic heterocycles. The van der Waals surface area contributed by atoms with E-state index in [0.29, 0.717) is 5.92 Å². The number of hydrogen-bond donors (Lipinski definition) is 1. The molecule has 108 valence electrons. The molecule has 0 radical (unpaired) electrons. The van der Waals surface area contributed by atoms with E-state index in [2.05, 4.69) is 6.07 Å². The van der Waals surface area contributed by atoms with E-state index in [1.165, 1.54) is 24.8 Å². The van der Waals surface area contributed by atoms with Crippen LogP contribution in [-0.2, 0) is 9.31 Å². The maximum Gasteiger partial charge on any atom is 0.498 e. The maximum atomic E-state index is 10.3. The predicted octanol–water partition coefficient (Wildman–Crippen LogP) is 2.96. The van der Waals surface area contributed by atoms with Crippen LogP contribution in [0.15, 0.2) is 18.2 Å². The number of hydrogen-bond acceptors (Lipinski definition) is 3. The summed E-state index contributed by atoms with van der Waals surface area (Å²) in [4.78, 5) is 0. The Labute approximate surface area is 121 Å². The van der Waals surface area contributed by atoms with Crippen LogP contribution in [0.25, 0.3) is 0 Å². The van der Waals surface area contributed by atoms with Crippen LogP contribution in [0.5, 0.6) is 5.75 Å². The smallest absolute Gasteiger partial charge is 0.498 e. The van der Waals surface area contributed by atoms with Crippen molar-refractivity contribution < 1.29 is 14.4 Å². The molecule has 1 N–H and O–H groups in total. The summed E-state index contributed by atoms with van der Waals surface area (Å²) in [5, 5.41) is 10.3. The Morgan fingerprint density at radius 2 is 1.70 bits per heavy atom. The van der Waals surface area contributed by atoms with Crippen molar-refractivity contribution in [3.63, 3.8) is 0 Å². The van der Waals surface area contributed by atoms with Crippen LogP contribution in [0.2, 0.25) is 0 Å². The third kappa shape index (κ3) is 2.15. The summed E-state index contributed by atoms with van der Waals surface area (Å²) in [6.07, 6.45) is 3.76. The van der Waals surface area contributed by atoms with Gasteiger partial charge in [-0.1, -0.05) is 18.6 Å². The molecule has 0 unspecified atom stereocenters. The van der Waals surface area contributed by atoms with Gasteiger partial charge in [0.2, 0.25) is 0 Å². The minimum atomic E-state index is -0.490. The van der Waals surface area contributed by atoms with Crippen molar-refractivity contribution in [1.29, 1.82) is 0 Å². The molecule has 1 aliphatic carbocycles. The van der Waals surface area contributed by atoms with Crippen LogP contribution < -0.4 is 5.46 Å². The van der Waals surface area contributed by atoms with Crippen molar-refractivity contribution in [3.8, 4) is 5.75 Å². The van der Waals surface area contributed by atoms with Gasteiger partial charge in [-0.25, -0.2) is 0 Å². The Bertz CT molecular complexity index is 504. The molecule has 1 aromatic rings. The average molecular weight is 274 g/mol. The average Bonchev–Trinajstić information content (AvgIpc) is 2.45. The second-order valence-electron chi connectivity index (χ2n) is 7.03. The summed E-state index contributed by atoms with van der Waals surface area (Å²) in [6, 6.07) is 5.93. The van der Waals surface area contributed by atoms with Crippen molar-refractivity contribution in [3.05, 3.63) is 23.8 Å². The fraction of sp³-hybridized carbons (Fsp3) is 0.625. The lowest BCUT2D eigenvalue weighted by molar-refractivity contribution is 0.00578. The molecule has 1 saturated heterocycles. The van der Waals surface area contributed by atoms with Crippen molar-refractivity contribution in [1.82, 2.24) is 0 Å². The Balaban J connectivity index is 1.85. The van der Waals surface area contributed by atoms with Crippen LogP contribution in [-0.4, -0.2) is 23.4 Å². The summed E-state index contributed by atoms with van der Waals surface area (Å²) >= 11 is 0. The second-order valence-corrected chi connectivity index (χ2v) is 7.03. The van der Waals surface area contributed by atoms with Crippen LogP contribution in [0.4, 0.5) is 0 Å². The fourth-order valence-electron chi connectivity index (χ4n) is 2.73. The molecule has 1 heterocycles. The third-order valence-electron chi connectivity index (χ3n) is 5.14. The molecular weight excluding hydrogens is 251 g/mol. The van der Waals surface area contributed by atoms with E-state index >= 15 is 0 Å². The van der Waals surface area contributed by atoms with Gasteiger partial charge in [-0.15, -0.1) is 0 Å². The first-order valence-electron chi connectivity index (χ1n) is 7.49. The van der Waals surface area contributed by atoms with Gasteiger partial charge in [0, 0.05) is 5.46 Å². The highest BCUT2D eigenvalue weighted by atomic mass is 16.7. The Kier molecular flexibility index (Phi) is 3.14. The highest BCUT2D eigenvalue weighted by Gasteiger charge is 2.52. The predicted molar refractivity (Wildman–Crippen MR) is 80.4 cm³/mol. The zero-order chi connectivity index (χ0) is 14.5. The minimum Gasteiger partial charge on any atom is -0.508 e. The normalized spacial score (nSPS) is 24.7. The van der Waals surface area contributed by atoms with Gasteiger partial charge < -0.3 is 14.4 Å². The quantitative estimate of drug-likeness (QED) is 0.843. The monoisotopic (exact) mass is 274 g/mol. The Morgan fingerprint density at radius 3 is 2.15 bits per heavy atom. The standard InChI is InChI=1S/C16H23BO3/c1-15(2)16(3,4)20-17(19-15)13-9-8-12(10-14(13)18)11-6-5-7-11/h8-11,18H,5-7H2,1-4H3. The van der Waals surface area contributed by atoms with Crippen LogP contribution >= 0.6 is 0 Å². The molecule has 0 spiro atoms. The first kappa shape index (κ1) is 14.0. The molecule has 1 aliphatic heterocycles. The zero-order valence-electron chi connectivity index (χ0n) is 12.8. The van der Waals surface area contributed by atoms with Crippen LogP contribution in [0.3, 0.4) is 0 Å². The first-order valence-corrected chi connectivity index (χ1v) is 7.49. The lowest BCUT2D eigenvalue weighted by Gasteiger charge is -2.32. The molecule has 2 aliphatic rings. The number of rotatable bonds is 2. The minimum absolute atomic E-state index is 0.285. The third-order valence-corrected chi connectivity index (χ3v) is 5.14. The van der Waals surface area contributed by atoms with Gasteiger partial charge in [-0.2, -0.15) is 0 Å². The lowest BCUT2D eigenvalue weighted by atomic mass is 9.75. The van der Waals surface area contributed by atoms with Gasteiger partial charge >= 0.3 is 7.12 Å². The largest absolute Gasteiger partial charge is 0.508 e. The van der Waals surface area contributed by atoms with Crippen molar-refractivity contribution in [2.75, 3.05) is 0 Å². The summed E-state index contributed by atoms with van der Waals surface area (Å²) < 4.78 is 12.0. The van der Waals surface area contributed by atoms with E-state index in [1.54, 1.807) is 0 Å². The zero-order valence-corrected chi connectivity index (χ0v) is 12.8. The van der Waals surface area contributed by atoms with Gasteiger partial charge in [0.25, 0.3) is 0 Å². The van der Waals surface area contributed by atoms with Crippen LogP contribution in [0, 0.1) is 0 Å². The van der Waals surface area contributed by atoms with Gasteiger partial charge in [0.05, 0.1) is 11.2 Å². The number of aromatic hydroxyl groups is 1. The molecule has 3 rings (SSSR count). The van der Waals surface area contributed by atoms with Crippen molar-refractivity contribution in [2.45, 2.75) is 64.1 Å². The van der Waals surface area contributed by atoms with Crippen molar-refractivity contribution in [2.24, 2.45) is 0 Å². The highest BCUT2D eigenvalue weighted by Crippen LogP contribution is 2.39. The van der Waals surface area contributed by atoms with E-state index in [9.17, 15) is 5.11 Å². The number of phenols is 1. The molecule has 3 nitrogen and oxygen atoms in total. The fourth-order valence-corrected chi connectivity index (χ4v) is 2.73. The summed E-state index contributed by atoms with van der Waals surface area (Å²) in [6.45, 7) is 8.08. The van der Waals surface area contributed by atoms with E-state index in [0.717, 1.165) is 5.46 Å². The summed E-state index contributed by atoms with van der Waals surface area (Å²) in [5.74, 6) is 0.904. The lowest BCUT2D eigenvalue weighted by Crippen LogP contribution is -2.41. The second kappa shape index (κ2) is 4.50. The van der Waals surface area contributed by atoms with E-state index in [1.807, 2.05) is 39.8 Å². The molecule has 4 heteroatoms. The molecule has 1 aromatic carbocycles. The van der Waals surface area contributed by atoms with Crippen molar-refractivity contribution >= 4 is 12.6 Å². The van der Waals surface area contributed by atoms with Gasteiger partial charge in [0.1, 0.15) is 5.75 Å². The summed E-state index contributed by atoms with van der Waals surface area (Å²) in [5.41, 5.74) is 1.20. The van der Waals surface area contributed by atoms with Gasteiger partial charge in [-0.05, 0) is 58.1 Å². The molecule has 0 atom stereocenters. The molecule has 0 amide bonds. The molecule has 1 saturated carbocycles. The van der Waals surface area contributed by atoms with E-state index in [-0.39, 0.29) is 17.0 Å². The molecular formula is C16H23BO3. The number of phenolic OH excluding ortho intramolecular Hbond substituents is 1. The molecule has 2 fully saturated rings. The van der Waals surface area contributed by atoms with Crippen LogP contribution in [0.1, 0.15) is 58.4 Å². The maximum absolute atomic E-state index is 10.3. The van der Waals surface area contributed by atoms with E-state index in [4.69, 9.17) is 9.31 Å². The number of benzene rings is 1. The Hall–Kier alpha value is -0.995. The topological polar surface area (TPSA) is 38.7 Å². The SMILES string of the molecule is CC1(C)OB(c2ccc(C3CCC3)cc2O)OC1(C)C. The Morgan fingerprint density at radius 1 is 1.10 bits per heavy atom.